The summed E-state index contributed by atoms with van der Waals surface area (Å²) in [7, 11) is 0. The maximum atomic E-state index is 10.3. The summed E-state index contributed by atoms with van der Waals surface area (Å²) in [5, 5.41) is 20.4. The number of non-ortho nitro benzene ring substituents is 2. The number of carbonyl (C=O) groups excluding carboxylic acids is 1. The van der Waals surface area contributed by atoms with Gasteiger partial charge in [0.25, 0.3) is 11.4 Å². The SMILES string of the molecule is CCC=O.CCCCc1ccc([N+](=O)[O-])cc1.Nc1ccc([N+](=O)[O-])cc1. The van der Waals surface area contributed by atoms with Crippen LogP contribution in [0.4, 0.5) is 17.1 Å². The van der Waals surface area contributed by atoms with Gasteiger partial charge in [0, 0.05) is 36.4 Å². The van der Waals surface area contributed by atoms with Crippen molar-refractivity contribution in [1.82, 2.24) is 0 Å². The number of unbranched alkanes of at least 4 members (excludes halogenated alkanes) is 1. The molecule has 0 unspecified atom stereocenters. The number of hydrogen-bond acceptors (Lipinski definition) is 6. The molecule has 0 saturated carbocycles. The van der Waals surface area contributed by atoms with Crippen LogP contribution >= 0.6 is 0 Å². The van der Waals surface area contributed by atoms with Crippen LogP contribution in [0.25, 0.3) is 0 Å². The first-order chi connectivity index (χ1) is 12.8. The smallest absolute Gasteiger partial charge is 0.269 e. The fourth-order valence-corrected chi connectivity index (χ4v) is 1.76. The van der Waals surface area contributed by atoms with Crippen LogP contribution in [0.2, 0.25) is 0 Å². The molecule has 27 heavy (non-hydrogen) atoms. The lowest BCUT2D eigenvalue weighted by Crippen LogP contribution is -1.89. The molecule has 146 valence electrons. The van der Waals surface area contributed by atoms with Crippen LogP contribution in [0.15, 0.2) is 48.5 Å². The number of nitrogens with zero attached hydrogens (tertiary/aromatic N) is 2. The lowest BCUT2D eigenvalue weighted by molar-refractivity contribution is -0.385. The standard InChI is InChI=1S/C10H13NO2.C6H6N2O2.C3H6O/c1-2-3-4-9-5-7-10(8-6-9)11(12)13;7-5-1-3-6(4-2-5)8(9)10;1-2-3-4/h5-8H,2-4H2,1H3;1-4H,7H2;3H,2H2,1H3. The number of anilines is 1. The molecule has 0 radical (unpaired) electrons. The molecule has 2 aromatic rings. The van der Waals surface area contributed by atoms with Crippen molar-refractivity contribution in [2.45, 2.75) is 39.5 Å². The first kappa shape index (κ1) is 23.7. The summed E-state index contributed by atoms with van der Waals surface area (Å²) in [6.07, 6.45) is 4.81. The Bertz CT molecular complexity index is 700. The highest BCUT2D eigenvalue weighted by molar-refractivity contribution is 5.48. The lowest BCUT2D eigenvalue weighted by Gasteiger charge is -1.98. The average Bonchev–Trinajstić information content (AvgIpc) is 2.67. The van der Waals surface area contributed by atoms with E-state index in [0.29, 0.717) is 12.1 Å². The highest BCUT2D eigenvalue weighted by Crippen LogP contribution is 2.13. The predicted octanol–water partition coefficient (Wildman–Crippen LogP) is 4.71. The van der Waals surface area contributed by atoms with E-state index in [1.165, 1.54) is 29.8 Å². The summed E-state index contributed by atoms with van der Waals surface area (Å²) in [5.74, 6) is 0. The second-order valence-corrected chi connectivity index (χ2v) is 5.45. The summed E-state index contributed by atoms with van der Waals surface area (Å²) in [4.78, 5) is 28.8. The van der Waals surface area contributed by atoms with Crippen LogP contribution in [0.5, 0.6) is 0 Å². The molecule has 2 aromatic carbocycles. The second kappa shape index (κ2) is 13.9. The molecule has 0 fully saturated rings. The predicted molar refractivity (Wildman–Crippen MR) is 106 cm³/mol. The molecule has 0 amide bonds. The zero-order chi connectivity index (χ0) is 20.7. The van der Waals surface area contributed by atoms with Crippen molar-refractivity contribution in [2.75, 3.05) is 5.73 Å². The molecule has 8 nitrogen and oxygen atoms in total. The number of nitro groups is 2. The van der Waals surface area contributed by atoms with E-state index in [0.717, 1.165) is 25.5 Å². The largest absolute Gasteiger partial charge is 0.399 e. The van der Waals surface area contributed by atoms with Crippen LogP contribution < -0.4 is 5.73 Å². The third-order valence-electron chi connectivity index (χ3n) is 3.24. The number of carbonyl (C=O) groups is 1. The van der Waals surface area contributed by atoms with Gasteiger partial charge in [-0.25, -0.2) is 0 Å². The topological polar surface area (TPSA) is 129 Å². The number of benzene rings is 2. The number of aryl methyl sites for hydroxylation is 1. The number of hydrogen-bond donors (Lipinski definition) is 1. The third kappa shape index (κ3) is 11.0. The zero-order valence-corrected chi connectivity index (χ0v) is 15.5. The average molecular weight is 375 g/mol. The van der Waals surface area contributed by atoms with Gasteiger partial charge in [0.2, 0.25) is 0 Å². The maximum Gasteiger partial charge on any atom is 0.269 e. The van der Waals surface area contributed by atoms with Gasteiger partial charge in [-0.3, -0.25) is 20.2 Å². The minimum atomic E-state index is -0.459. The Morgan fingerprint density at radius 2 is 1.30 bits per heavy atom. The molecule has 0 aliphatic rings. The molecule has 8 heteroatoms. The molecule has 0 aliphatic carbocycles. The van der Waals surface area contributed by atoms with E-state index >= 15 is 0 Å². The van der Waals surface area contributed by atoms with E-state index in [-0.39, 0.29) is 16.3 Å². The van der Waals surface area contributed by atoms with E-state index in [4.69, 9.17) is 5.73 Å². The third-order valence-corrected chi connectivity index (χ3v) is 3.24. The molecule has 0 heterocycles. The molecule has 0 aromatic heterocycles. The maximum absolute atomic E-state index is 10.3. The molecule has 0 spiro atoms. The van der Waals surface area contributed by atoms with Crippen LogP contribution in [0.3, 0.4) is 0 Å². The summed E-state index contributed by atoms with van der Waals surface area (Å²) >= 11 is 0. The molecule has 0 aliphatic heterocycles. The number of nitrogens with two attached hydrogens (primary N) is 1. The number of aldehydes is 1. The van der Waals surface area contributed by atoms with Gasteiger partial charge in [0.1, 0.15) is 6.29 Å². The molecular weight excluding hydrogens is 350 g/mol. The highest BCUT2D eigenvalue weighted by atomic mass is 16.6. The minimum Gasteiger partial charge on any atom is -0.399 e. The van der Waals surface area contributed by atoms with Crippen molar-refractivity contribution in [3.05, 3.63) is 74.3 Å². The van der Waals surface area contributed by atoms with Gasteiger partial charge in [0.05, 0.1) is 9.85 Å². The number of nitro benzene ring substituents is 2. The molecule has 0 bridgehead atoms. The van der Waals surface area contributed by atoms with Gasteiger partial charge in [-0.15, -0.1) is 0 Å². The van der Waals surface area contributed by atoms with E-state index in [1.807, 2.05) is 19.1 Å². The molecule has 0 saturated heterocycles. The Labute approximate surface area is 158 Å². The Morgan fingerprint density at radius 1 is 0.889 bits per heavy atom. The fraction of sp³-hybridized carbons (Fsp3) is 0.316. The van der Waals surface area contributed by atoms with Gasteiger partial charge < -0.3 is 10.5 Å². The molecule has 0 atom stereocenters. The monoisotopic (exact) mass is 375 g/mol. The van der Waals surface area contributed by atoms with E-state index < -0.39 is 4.92 Å². The lowest BCUT2D eigenvalue weighted by atomic mass is 10.1. The minimum absolute atomic E-state index is 0.0641. The zero-order valence-electron chi connectivity index (χ0n) is 15.5. The number of rotatable bonds is 6. The van der Waals surface area contributed by atoms with Crippen molar-refractivity contribution in [3.63, 3.8) is 0 Å². The summed E-state index contributed by atoms with van der Waals surface area (Å²) in [6, 6.07) is 12.5. The molecule has 2 rings (SSSR count). The van der Waals surface area contributed by atoms with Crippen molar-refractivity contribution < 1.29 is 14.6 Å². The summed E-state index contributed by atoms with van der Waals surface area (Å²) in [6.45, 7) is 3.94. The fourth-order valence-electron chi connectivity index (χ4n) is 1.76. The Morgan fingerprint density at radius 3 is 1.63 bits per heavy atom. The van der Waals surface area contributed by atoms with Crippen LogP contribution in [-0.4, -0.2) is 16.1 Å². The van der Waals surface area contributed by atoms with Crippen molar-refractivity contribution in [1.29, 1.82) is 0 Å². The van der Waals surface area contributed by atoms with Crippen LogP contribution in [0.1, 0.15) is 38.7 Å². The van der Waals surface area contributed by atoms with E-state index in [1.54, 1.807) is 12.1 Å². The van der Waals surface area contributed by atoms with Gasteiger partial charge in [-0.2, -0.15) is 0 Å². The Kier molecular flexibility index (Phi) is 12.2. The van der Waals surface area contributed by atoms with Gasteiger partial charge in [-0.05, 0) is 30.5 Å². The Balaban J connectivity index is 0.000000428. The second-order valence-electron chi connectivity index (χ2n) is 5.45. The van der Waals surface area contributed by atoms with E-state index in [2.05, 4.69) is 6.92 Å². The quantitative estimate of drug-likeness (QED) is 0.337. The summed E-state index contributed by atoms with van der Waals surface area (Å²) < 4.78 is 0. The van der Waals surface area contributed by atoms with Gasteiger partial charge >= 0.3 is 0 Å². The molecular formula is C19H25N3O5. The van der Waals surface area contributed by atoms with Crippen molar-refractivity contribution >= 4 is 23.3 Å². The normalized spacial score (nSPS) is 9.11. The highest BCUT2D eigenvalue weighted by Gasteiger charge is 2.03. The van der Waals surface area contributed by atoms with Gasteiger partial charge in [0.15, 0.2) is 0 Å². The van der Waals surface area contributed by atoms with Crippen LogP contribution in [-0.2, 0) is 11.2 Å². The number of nitrogen functional groups attached to an aromatic ring is 1. The van der Waals surface area contributed by atoms with E-state index in [9.17, 15) is 25.0 Å². The molecule has 2 N–H and O–H groups in total. The Hall–Kier alpha value is -3.29. The van der Waals surface area contributed by atoms with Gasteiger partial charge in [-0.1, -0.05) is 32.4 Å². The van der Waals surface area contributed by atoms with Crippen molar-refractivity contribution in [2.24, 2.45) is 0 Å². The summed E-state index contributed by atoms with van der Waals surface area (Å²) in [5.41, 5.74) is 7.24. The van der Waals surface area contributed by atoms with Crippen LogP contribution in [0, 0.1) is 20.2 Å². The first-order valence-corrected chi connectivity index (χ1v) is 8.52. The first-order valence-electron chi connectivity index (χ1n) is 8.52. The van der Waals surface area contributed by atoms with Crippen molar-refractivity contribution in [3.8, 4) is 0 Å².